The van der Waals surface area contributed by atoms with Gasteiger partial charge in [-0.1, -0.05) is 37.6 Å². The van der Waals surface area contributed by atoms with E-state index in [-0.39, 0.29) is 12.2 Å². The maximum Gasteiger partial charge on any atom is 0.311 e. The van der Waals surface area contributed by atoms with Crippen LogP contribution in [0, 0.1) is 5.92 Å². The van der Waals surface area contributed by atoms with Crippen LogP contribution in [-0.2, 0) is 28.9 Å². The van der Waals surface area contributed by atoms with Crippen LogP contribution in [0.5, 0.6) is 11.5 Å². The van der Waals surface area contributed by atoms with Crippen molar-refractivity contribution in [3.63, 3.8) is 0 Å². The zero-order valence-corrected chi connectivity index (χ0v) is 23.6. The Bertz CT molecular complexity index is 1510. The van der Waals surface area contributed by atoms with E-state index < -0.39 is 18.2 Å². The SMILES string of the molecule is COc1cccc(C2OC(CCn3nnnc3CC(=O)O)c3ccc(CC(C)C)n3-c3ccc(Cl)cc32)c1OC. The van der Waals surface area contributed by atoms with Gasteiger partial charge in [0.15, 0.2) is 17.3 Å². The molecule has 40 heavy (non-hydrogen) atoms. The summed E-state index contributed by atoms with van der Waals surface area (Å²) in [7, 11) is 3.22. The van der Waals surface area contributed by atoms with E-state index in [1.807, 2.05) is 36.4 Å². The molecule has 11 heteroatoms. The quantitative estimate of drug-likeness (QED) is 0.279. The second kappa shape index (κ2) is 11.7. The summed E-state index contributed by atoms with van der Waals surface area (Å²) in [5.74, 6) is 0.911. The van der Waals surface area contributed by atoms with Crippen LogP contribution in [0.3, 0.4) is 0 Å². The number of nitrogens with zero attached hydrogens (tertiary/aromatic N) is 5. The summed E-state index contributed by atoms with van der Waals surface area (Å²) in [5, 5.41) is 21.5. The van der Waals surface area contributed by atoms with Crippen molar-refractivity contribution in [2.45, 2.75) is 51.9 Å². The Hall–Kier alpha value is -3.89. The van der Waals surface area contributed by atoms with Crippen LogP contribution in [0.2, 0.25) is 5.02 Å². The minimum atomic E-state index is -0.994. The summed E-state index contributed by atoms with van der Waals surface area (Å²) in [6.07, 6.45) is 0.171. The molecule has 2 aromatic heterocycles. The second-order valence-electron chi connectivity index (χ2n) is 10.2. The lowest BCUT2D eigenvalue weighted by molar-refractivity contribution is -0.136. The average molecular weight is 566 g/mol. The lowest BCUT2D eigenvalue weighted by atomic mass is 9.97. The van der Waals surface area contributed by atoms with E-state index in [2.05, 4.69) is 46.1 Å². The van der Waals surface area contributed by atoms with Gasteiger partial charge < -0.3 is 23.9 Å². The van der Waals surface area contributed by atoms with Gasteiger partial charge in [0.05, 0.1) is 25.6 Å². The van der Waals surface area contributed by atoms with Crippen LogP contribution in [0.25, 0.3) is 5.69 Å². The number of aliphatic carboxylic acids is 1. The molecule has 1 N–H and O–H groups in total. The molecule has 5 rings (SSSR count). The molecule has 10 nitrogen and oxygen atoms in total. The summed E-state index contributed by atoms with van der Waals surface area (Å²) in [4.78, 5) is 11.3. The first-order valence-corrected chi connectivity index (χ1v) is 13.5. The zero-order chi connectivity index (χ0) is 28.4. The predicted octanol–water partition coefficient (Wildman–Crippen LogP) is 5.21. The maximum atomic E-state index is 11.3. The third-order valence-corrected chi connectivity index (χ3v) is 7.22. The number of rotatable bonds is 10. The Morgan fingerprint density at radius 2 is 1.95 bits per heavy atom. The molecule has 4 aromatic rings. The van der Waals surface area contributed by atoms with Crippen LogP contribution in [0.15, 0.2) is 48.5 Å². The van der Waals surface area contributed by atoms with Gasteiger partial charge in [-0.05, 0) is 65.6 Å². The van der Waals surface area contributed by atoms with Crippen LogP contribution in [0.4, 0.5) is 0 Å². The van der Waals surface area contributed by atoms with Gasteiger partial charge in [-0.15, -0.1) is 5.10 Å². The molecule has 0 amide bonds. The molecular weight excluding hydrogens is 534 g/mol. The molecule has 2 unspecified atom stereocenters. The number of ether oxygens (including phenoxy) is 3. The molecule has 0 spiro atoms. The van der Waals surface area contributed by atoms with Crippen molar-refractivity contribution >= 4 is 17.6 Å². The number of benzene rings is 2. The highest BCUT2D eigenvalue weighted by Crippen LogP contribution is 2.47. The standard InChI is InChI=1S/C29H32ClN5O5/c1-17(2)14-19-9-11-23-24(12-13-34-26(16-27(36)37)31-32-33-34)40-28(20-6-5-7-25(38-3)29(20)39-4)21-15-18(30)8-10-22(21)35(19)23/h5-11,15,17,24,28H,12-14,16H2,1-4H3,(H,36,37). The van der Waals surface area contributed by atoms with Gasteiger partial charge in [-0.3, -0.25) is 4.79 Å². The van der Waals surface area contributed by atoms with Gasteiger partial charge >= 0.3 is 5.97 Å². The molecule has 0 radical (unpaired) electrons. The molecule has 0 bridgehead atoms. The van der Waals surface area contributed by atoms with Gasteiger partial charge in [0.1, 0.15) is 18.6 Å². The third-order valence-electron chi connectivity index (χ3n) is 6.99. The summed E-state index contributed by atoms with van der Waals surface area (Å²) in [5.41, 5.74) is 4.83. The third kappa shape index (κ3) is 5.41. The van der Waals surface area contributed by atoms with E-state index in [0.717, 1.165) is 34.6 Å². The molecule has 1 aliphatic heterocycles. The van der Waals surface area contributed by atoms with Gasteiger partial charge in [0.25, 0.3) is 0 Å². The molecule has 0 aliphatic carbocycles. The lowest BCUT2D eigenvalue weighted by Crippen LogP contribution is -2.16. The first-order valence-electron chi connectivity index (χ1n) is 13.1. The van der Waals surface area contributed by atoms with Crippen LogP contribution in [-0.4, -0.2) is 50.1 Å². The number of methoxy groups -OCH3 is 2. The number of hydrogen-bond donors (Lipinski definition) is 1. The number of carboxylic acid groups (broad SMARTS) is 1. The molecule has 0 saturated heterocycles. The highest BCUT2D eigenvalue weighted by molar-refractivity contribution is 6.30. The second-order valence-corrected chi connectivity index (χ2v) is 10.6. The highest BCUT2D eigenvalue weighted by atomic mass is 35.5. The van der Waals surface area contributed by atoms with Gasteiger partial charge in [0.2, 0.25) is 0 Å². The van der Waals surface area contributed by atoms with E-state index in [4.69, 9.17) is 25.8 Å². The number of aromatic nitrogens is 5. The normalized spacial score (nSPS) is 16.4. The molecule has 2 atom stereocenters. The fourth-order valence-electron chi connectivity index (χ4n) is 5.34. The van der Waals surface area contributed by atoms with E-state index in [1.54, 1.807) is 14.2 Å². The van der Waals surface area contributed by atoms with Crippen molar-refractivity contribution in [2.75, 3.05) is 14.2 Å². The Labute approximate surface area is 237 Å². The van der Waals surface area contributed by atoms with Gasteiger partial charge in [-0.2, -0.15) is 0 Å². The number of carboxylic acids is 1. The van der Waals surface area contributed by atoms with E-state index in [0.29, 0.717) is 35.4 Å². The van der Waals surface area contributed by atoms with Gasteiger partial charge in [0, 0.05) is 28.4 Å². The highest BCUT2D eigenvalue weighted by Gasteiger charge is 2.34. The van der Waals surface area contributed by atoms with E-state index in [1.165, 1.54) is 4.68 Å². The number of carbonyl (C=O) groups is 1. The number of tetrazole rings is 1. The number of hydrogen-bond acceptors (Lipinski definition) is 7. The smallest absolute Gasteiger partial charge is 0.311 e. The molecule has 210 valence electrons. The lowest BCUT2D eigenvalue weighted by Gasteiger charge is -2.25. The van der Waals surface area contributed by atoms with Gasteiger partial charge in [-0.25, -0.2) is 4.68 Å². The minimum absolute atomic E-state index is 0.263. The Kier molecular flexibility index (Phi) is 8.09. The Morgan fingerprint density at radius 1 is 1.12 bits per heavy atom. The zero-order valence-electron chi connectivity index (χ0n) is 22.9. The van der Waals surface area contributed by atoms with E-state index >= 15 is 0 Å². The molecule has 0 fully saturated rings. The summed E-state index contributed by atoms with van der Waals surface area (Å²) < 4.78 is 22.2. The van der Waals surface area contributed by atoms with Crippen molar-refractivity contribution in [1.82, 2.24) is 24.8 Å². The number of fused-ring (bicyclic) bond motifs is 3. The molecular formula is C29H32ClN5O5. The monoisotopic (exact) mass is 565 g/mol. The summed E-state index contributed by atoms with van der Waals surface area (Å²) in [6.45, 7) is 4.75. The van der Waals surface area contributed by atoms with Crippen molar-refractivity contribution in [2.24, 2.45) is 5.92 Å². The molecule has 2 aromatic carbocycles. The molecule has 0 saturated carbocycles. The summed E-state index contributed by atoms with van der Waals surface area (Å²) in [6, 6.07) is 15.8. The van der Waals surface area contributed by atoms with E-state index in [9.17, 15) is 9.90 Å². The average Bonchev–Trinajstić information content (AvgIpc) is 3.51. The fraction of sp³-hybridized carbons (Fsp3) is 0.379. The van der Waals surface area contributed by atoms with Crippen LogP contribution < -0.4 is 9.47 Å². The fourth-order valence-corrected chi connectivity index (χ4v) is 5.52. The topological polar surface area (TPSA) is 114 Å². The summed E-state index contributed by atoms with van der Waals surface area (Å²) >= 11 is 6.57. The molecule has 1 aliphatic rings. The Balaban J connectivity index is 1.65. The van der Waals surface area contributed by atoms with Crippen molar-refractivity contribution in [3.05, 3.63) is 81.9 Å². The van der Waals surface area contributed by atoms with Crippen LogP contribution >= 0.6 is 11.6 Å². The first kappa shape index (κ1) is 27.7. The Morgan fingerprint density at radius 3 is 2.67 bits per heavy atom. The van der Waals surface area contributed by atoms with Crippen molar-refractivity contribution < 1.29 is 24.1 Å². The number of para-hydroxylation sites is 1. The first-order chi connectivity index (χ1) is 19.3. The largest absolute Gasteiger partial charge is 0.493 e. The van der Waals surface area contributed by atoms with Crippen molar-refractivity contribution in [1.29, 1.82) is 0 Å². The number of aryl methyl sites for hydroxylation is 1. The maximum absolute atomic E-state index is 11.3. The molecule has 3 heterocycles. The minimum Gasteiger partial charge on any atom is -0.493 e. The predicted molar refractivity (Wildman–Crippen MR) is 148 cm³/mol. The van der Waals surface area contributed by atoms with Crippen LogP contribution in [0.1, 0.15) is 60.8 Å². The van der Waals surface area contributed by atoms with Crippen molar-refractivity contribution in [3.8, 4) is 17.2 Å². The number of halogens is 1.